The minimum absolute atomic E-state index is 0.102. The normalized spacial score (nSPS) is 13.2. The number of pyridine rings is 1. The molecule has 5 aromatic rings. The van der Waals surface area contributed by atoms with E-state index in [0.29, 0.717) is 15.9 Å². The number of nitrogens with zero attached hydrogens (tertiary/aromatic N) is 4. The second-order valence-electron chi connectivity index (χ2n) is 8.51. The van der Waals surface area contributed by atoms with E-state index in [0.717, 1.165) is 33.2 Å². The van der Waals surface area contributed by atoms with Crippen LogP contribution in [0.5, 0.6) is 0 Å². The van der Waals surface area contributed by atoms with Gasteiger partial charge in [0.25, 0.3) is 5.56 Å². The van der Waals surface area contributed by atoms with Gasteiger partial charge in [0.2, 0.25) is 0 Å². The Balaban J connectivity index is 1.87. The predicted octanol–water partition coefficient (Wildman–Crippen LogP) is 6.21. The minimum Gasteiger partial charge on any atom is -0.320 e. The molecule has 0 aliphatic heterocycles. The van der Waals surface area contributed by atoms with Gasteiger partial charge in [-0.1, -0.05) is 53.5 Å². The van der Waals surface area contributed by atoms with Crippen molar-refractivity contribution < 1.29 is 0 Å². The number of fused-ring (bicyclic) bond motifs is 1. The van der Waals surface area contributed by atoms with Crippen LogP contribution in [0.2, 0.25) is 10.0 Å². The van der Waals surface area contributed by atoms with Crippen molar-refractivity contribution in [1.29, 1.82) is 0 Å². The van der Waals surface area contributed by atoms with Gasteiger partial charge < -0.3 is 9.13 Å². The van der Waals surface area contributed by atoms with E-state index in [2.05, 4.69) is 16.3 Å². The minimum atomic E-state index is -0.814. The van der Waals surface area contributed by atoms with Gasteiger partial charge in [-0.05, 0) is 58.7 Å². The van der Waals surface area contributed by atoms with E-state index >= 15 is 0 Å². The van der Waals surface area contributed by atoms with E-state index in [4.69, 9.17) is 34.8 Å². The Labute approximate surface area is 217 Å². The van der Waals surface area contributed by atoms with E-state index in [-0.39, 0.29) is 11.4 Å². The summed E-state index contributed by atoms with van der Waals surface area (Å²) in [5.74, 6) is 0.911. The van der Waals surface area contributed by atoms with Crippen LogP contribution < -0.4 is 5.56 Å². The van der Waals surface area contributed by atoms with Crippen molar-refractivity contribution in [2.45, 2.75) is 5.41 Å². The number of halogens is 3. The molecule has 0 saturated carbocycles. The van der Waals surface area contributed by atoms with Crippen LogP contribution >= 0.6 is 34.8 Å². The summed E-state index contributed by atoms with van der Waals surface area (Å²) in [6.07, 6.45) is 1.66. The van der Waals surface area contributed by atoms with Gasteiger partial charge >= 0.3 is 0 Å². The molecule has 0 radical (unpaired) electrons. The third kappa shape index (κ3) is 3.94. The third-order valence-electron chi connectivity index (χ3n) is 6.51. The summed E-state index contributed by atoms with van der Waals surface area (Å²) in [4.78, 5) is 12.8. The molecule has 5 nitrogen and oxygen atoms in total. The zero-order valence-electron chi connectivity index (χ0n) is 19.0. The van der Waals surface area contributed by atoms with Crippen LogP contribution in [-0.4, -0.2) is 25.2 Å². The molecule has 0 aliphatic rings. The molecule has 0 N–H and O–H groups in total. The Morgan fingerprint density at radius 3 is 2.29 bits per heavy atom. The summed E-state index contributed by atoms with van der Waals surface area (Å²) in [6, 6.07) is 22.8. The molecule has 35 heavy (non-hydrogen) atoms. The van der Waals surface area contributed by atoms with Gasteiger partial charge in [0, 0.05) is 41.5 Å². The van der Waals surface area contributed by atoms with Crippen LogP contribution in [0.3, 0.4) is 0 Å². The van der Waals surface area contributed by atoms with Crippen LogP contribution in [0.1, 0.15) is 17.0 Å². The molecule has 0 spiro atoms. The molecule has 3 aromatic carbocycles. The van der Waals surface area contributed by atoms with Crippen LogP contribution in [0.4, 0.5) is 0 Å². The Bertz CT molecular complexity index is 1610. The van der Waals surface area contributed by atoms with Crippen molar-refractivity contribution in [2.24, 2.45) is 14.1 Å². The average molecular weight is 524 g/mol. The molecule has 1 atom stereocenters. The third-order valence-corrected chi connectivity index (χ3v) is 7.39. The highest BCUT2D eigenvalue weighted by Gasteiger charge is 2.40. The Kier molecular flexibility index (Phi) is 6.18. The summed E-state index contributed by atoms with van der Waals surface area (Å²) in [6.45, 7) is 0. The van der Waals surface area contributed by atoms with Crippen LogP contribution in [0, 0.1) is 0 Å². The highest BCUT2D eigenvalue weighted by atomic mass is 35.5. The van der Waals surface area contributed by atoms with Gasteiger partial charge in [-0.2, -0.15) is 0 Å². The molecule has 8 heteroatoms. The first-order chi connectivity index (χ1) is 16.8. The van der Waals surface area contributed by atoms with Gasteiger partial charge in [0.1, 0.15) is 12.2 Å². The molecule has 2 heterocycles. The maximum Gasteiger partial charge on any atom is 0.251 e. The standard InChI is InChI=1S/C27H21Cl3N4O/c1-33-16-31-32-26(33)27(15-28,18-6-9-20(29)10-7-18)19-8-11-24-23(13-19)22(14-25(35)34(24)2)17-4-3-5-21(30)12-17/h3-14,16H,15H2,1-2H3. The highest BCUT2D eigenvalue weighted by Crippen LogP contribution is 2.41. The summed E-state index contributed by atoms with van der Waals surface area (Å²) in [5, 5.41) is 10.7. The van der Waals surface area contributed by atoms with Gasteiger partial charge in [0.05, 0.1) is 10.9 Å². The highest BCUT2D eigenvalue weighted by molar-refractivity contribution is 6.31. The smallest absolute Gasteiger partial charge is 0.251 e. The van der Waals surface area contributed by atoms with Crippen molar-refractivity contribution >= 4 is 45.7 Å². The lowest BCUT2D eigenvalue weighted by Crippen LogP contribution is -2.34. The molecule has 5 rings (SSSR count). The topological polar surface area (TPSA) is 52.7 Å². The van der Waals surface area contributed by atoms with Gasteiger partial charge in [-0.15, -0.1) is 21.8 Å². The lowest BCUT2D eigenvalue weighted by atomic mass is 9.74. The lowest BCUT2D eigenvalue weighted by Gasteiger charge is -2.32. The quantitative estimate of drug-likeness (QED) is 0.257. The first-order valence-corrected chi connectivity index (χ1v) is 12.2. The van der Waals surface area contributed by atoms with E-state index in [1.807, 2.05) is 72.3 Å². The van der Waals surface area contributed by atoms with Crippen molar-refractivity contribution in [3.05, 3.63) is 116 Å². The molecule has 0 bridgehead atoms. The lowest BCUT2D eigenvalue weighted by molar-refractivity contribution is 0.605. The number of alkyl halides is 1. The predicted molar refractivity (Wildman–Crippen MR) is 143 cm³/mol. The van der Waals surface area contributed by atoms with Crippen LogP contribution in [-0.2, 0) is 19.5 Å². The monoisotopic (exact) mass is 522 g/mol. The van der Waals surface area contributed by atoms with Gasteiger partial charge in [0.15, 0.2) is 0 Å². The van der Waals surface area contributed by atoms with Crippen molar-refractivity contribution in [3.8, 4) is 11.1 Å². The summed E-state index contributed by atoms with van der Waals surface area (Å²) < 4.78 is 3.51. The maximum atomic E-state index is 12.8. The first kappa shape index (κ1) is 23.6. The average Bonchev–Trinajstić information content (AvgIpc) is 3.29. The second-order valence-corrected chi connectivity index (χ2v) is 9.65. The summed E-state index contributed by atoms with van der Waals surface area (Å²) >= 11 is 19.3. The molecule has 1 unspecified atom stereocenters. The molecule has 0 aliphatic carbocycles. The second kappa shape index (κ2) is 9.15. The molecule has 0 amide bonds. The molecular formula is C27H21Cl3N4O. The molecule has 0 saturated heterocycles. The molecule has 176 valence electrons. The van der Waals surface area contributed by atoms with E-state index in [1.54, 1.807) is 24.0 Å². The van der Waals surface area contributed by atoms with Crippen molar-refractivity contribution in [3.63, 3.8) is 0 Å². The molecule has 2 aromatic heterocycles. The fourth-order valence-corrected chi connectivity index (χ4v) is 5.41. The number of aromatic nitrogens is 4. The number of hydrogen-bond acceptors (Lipinski definition) is 3. The SMILES string of the molecule is Cn1cnnc1C(CCl)(c1ccc(Cl)cc1)c1ccc2c(c1)c(-c1cccc(Cl)c1)cc(=O)n2C. The fourth-order valence-electron chi connectivity index (χ4n) is 4.66. The Morgan fingerprint density at radius 2 is 1.63 bits per heavy atom. The van der Waals surface area contributed by atoms with E-state index in [1.165, 1.54) is 0 Å². The number of rotatable bonds is 5. The van der Waals surface area contributed by atoms with Gasteiger partial charge in [-0.25, -0.2) is 0 Å². The van der Waals surface area contributed by atoms with Gasteiger partial charge in [-0.3, -0.25) is 4.79 Å². The van der Waals surface area contributed by atoms with Crippen molar-refractivity contribution in [2.75, 3.05) is 5.88 Å². The van der Waals surface area contributed by atoms with Crippen LogP contribution in [0.15, 0.2) is 83.9 Å². The van der Waals surface area contributed by atoms with E-state index < -0.39 is 5.41 Å². The van der Waals surface area contributed by atoms with E-state index in [9.17, 15) is 4.79 Å². The number of aryl methyl sites for hydroxylation is 2. The summed E-state index contributed by atoms with van der Waals surface area (Å²) in [7, 11) is 3.66. The zero-order valence-corrected chi connectivity index (χ0v) is 21.3. The Hall–Kier alpha value is -3.12. The largest absolute Gasteiger partial charge is 0.320 e. The maximum absolute atomic E-state index is 12.8. The Morgan fingerprint density at radius 1 is 0.886 bits per heavy atom. The fraction of sp³-hybridized carbons (Fsp3) is 0.148. The number of benzene rings is 3. The molecular weight excluding hydrogens is 503 g/mol. The first-order valence-electron chi connectivity index (χ1n) is 10.9. The molecule has 0 fully saturated rings. The zero-order chi connectivity index (χ0) is 24.7. The summed E-state index contributed by atoms with van der Waals surface area (Å²) in [5.41, 5.74) is 3.39. The van der Waals surface area contributed by atoms with Crippen molar-refractivity contribution in [1.82, 2.24) is 19.3 Å². The van der Waals surface area contributed by atoms with Crippen LogP contribution in [0.25, 0.3) is 22.0 Å². The number of hydrogen-bond donors (Lipinski definition) is 0.